The molecule has 21 heavy (non-hydrogen) atoms. The lowest BCUT2D eigenvalue weighted by Crippen LogP contribution is -2.47. The number of piperidine rings is 1. The lowest BCUT2D eigenvalue weighted by atomic mass is 9.92. The van der Waals surface area contributed by atoms with Gasteiger partial charge in [0.05, 0.1) is 0 Å². The van der Waals surface area contributed by atoms with Gasteiger partial charge in [-0.3, -0.25) is 0 Å². The molecule has 2 heterocycles. The largest absolute Gasteiger partial charge is 0.385 e. The molecule has 1 saturated carbocycles. The van der Waals surface area contributed by atoms with Crippen molar-refractivity contribution >= 4 is 6.03 Å². The van der Waals surface area contributed by atoms with Crippen molar-refractivity contribution < 1.29 is 9.90 Å². The second-order valence-electron chi connectivity index (χ2n) is 6.46. The van der Waals surface area contributed by atoms with Crippen LogP contribution in [-0.4, -0.2) is 44.7 Å². The summed E-state index contributed by atoms with van der Waals surface area (Å²) in [6, 6.07) is 0.360. The van der Waals surface area contributed by atoms with E-state index in [9.17, 15) is 9.90 Å². The third kappa shape index (κ3) is 3.05. The molecule has 116 valence electrons. The van der Waals surface area contributed by atoms with Crippen molar-refractivity contribution in [3.8, 4) is 0 Å². The first-order chi connectivity index (χ1) is 10.1. The van der Waals surface area contributed by atoms with Crippen molar-refractivity contribution in [1.82, 2.24) is 19.8 Å². The molecule has 0 radical (unpaired) electrons. The van der Waals surface area contributed by atoms with Gasteiger partial charge in [0.2, 0.25) is 0 Å². The van der Waals surface area contributed by atoms with Crippen LogP contribution in [0.25, 0.3) is 0 Å². The minimum atomic E-state index is -0.611. The molecular formula is C15H24N4O2. The Kier molecular flexibility index (Phi) is 3.89. The van der Waals surface area contributed by atoms with Crippen LogP contribution < -0.4 is 5.32 Å². The van der Waals surface area contributed by atoms with Crippen LogP contribution >= 0.6 is 0 Å². The van der Waals surface area contributed by atoms with Gasteiger partial charge in [-0.1, -0.05) is 6.92 Å². The molecule has 4 unspecified atom stereocenters. The number of urea groups is 1. The second kappa shape index (κ2) is 5.67. The van der Waals surface area contributed by atoms with Crippen LogP contribution in [0.2, 0.25) is 0 Å². The van der Waals surface area contributed by atoms with Crippen LogP contribution in [0.1, 0.15) is 38.1 Å². The quantitative estimate of drug-likeness (QED) is 0.882. The Morgan fingerprint density at radius 1 is 1.57 bits per heavy atom. The Morgan fingerprint density at radius 3 is 2.95 bits per heavy atom. The fraction of sp³-hybridized carbons (Fsp3) is 0.733. The lowest BCUT2D eigenvalue weighted by Gasteiger charge is -2.35. The molecule has 1 aliphatic heterocycles. The minimum Gasteiger partial charge on any atom is -0.385 e. The number of hydrogen-bond donors (Lipinski definition) is 2. The highest BCUT2D eigenvalue weighted by Gasteiger charge is 2.37. The van der Waals surface area contributed by atoms with Crippen LogP contribution in [0.15, 0.2) is 12.4 Å². The maximum Gasteiger partial charge on any atom is 0.317 e. The number of amides is 2. The molecule has 2 amide bonds. The van der Waals surface area contributed by atoms with Crippen LogP contribution in [0.4, 0.5) is 4.79 Å². The van der Waals surface area contributed by atoms with E-state index in [0.717, 1.165) is 25.8 Å². The number of aliphatic hydroxyl groups is 1. The number of aliphatic hydroxyl groups excluding tert-OH is 1. The van der Waals surface area contributed by atoms with Crippen molar-refractivity contribution in [2.45, 2.75) is 38.3 Å². The number of nitrogens with one attached hydrogen (secondary N) is 1. The van der Waals surface area contributed by atoms with E-state index in [2.05, 4.69) is 17.2 Å². The van der Waals surface area contributed by atoms with E-state index in [-0.39, 0.29) is 11.9 Å². The number of hydrogen-bond acceptors (Lipinski definition) is 3. The maximum atomic E-state index is 12.2. The Balaban J connectivity index is 1.60. The highest BCUT2D eigenvalue weighted by Crippen LogP contribution is 2.31. The Morgan fingerprint density at radius 2 is 2.33 bits per heavy atom. The maximum absolute atomic E-state index is 12.2. The van der Waals surface area contributed by atoms with Gasteiger partial charge < -0.3 is 19.9 Å². The normalized spacial score (nSPS) is 30.0. The van der Waals surface area contributed by atoms with Gasteiger partial charge in [-0.15, -0.1) is 0 Å². The van der Waals surface area contributed by atoms with Gasteiger partial charge in [0.15, 0.2) is 0 Å². The number of aryl methyl sites for hydroxylation is 1. The molecule has 0 spiro atoms. The van der Waals surface area contributed by atoms with Gasteiger partial charge in [-0.2, -0.15) is 0 Å². The molecule has 2 N–H and O–H groups in total. The van der Waals surface area contributed by atoms with Crippen LogP contribution in [0, 0.1) is 11.8 Å². The summed E-state index contributed by atoms with van der Waals surface area (Å²) in [4.78, 5) is 18.3. The summed E-state index contributed by atoms with van der Waals surface area (Å²) < 4.78 is 1.84. The molecule has 6 heteroatoms. The van der Waals surface area contributed by atoms with Gasteiger partial charge in [-0.25, -0.2) is 9.78 Å². The predicted molar refractivity (Wildman–Crippen MR) is 78.6 cm³/mol. The smallest absolute Gasteiger partial charge is 0.317 e. The van der Waals surface area contributed by atoms with Gasteiger partial charge >= 0.3 is 6.03 Å². The zero-order valence-electron chi connectivity index (χ0n) is 12.7. The molecule has 1 saturated heterocycles. The van der Waals surface area contributed by atoms with E-state index in [0.29, 0.717) is 24.3 Å². The summed E-state index contributed by atoms with van der Waals surface area (Å²) in [6.07, 6.45) is 5.86. The number of aromatic nitrogens is 2. The van der Waals surface area contributed by atoms with Crippen molar-refractivity contribution in [3.63, 3.8) is 0 Å². The third-order valence-corrected chi connectivity index (χ3v) is 4.73. The van der Waals surface area contributed by atoms with Gasteiger partial charge in [-0.05, 0) is 25.2 Å². The fourth-order valence-corrected chi connectivity index (χ4v) is 3.10. The predicted octanol–water partition coefficient (Wildman–Crippen LogP) is 1.28. The highest BCUT2D eigenvalue weighted by atomic mass is 16.3. The molecule has 4 atom stereocenters. The molecule has 3 rings (SSSR count). The summed E-state index contributed by atoms with van der Waals surface area (Å²) >= 11 is 0. The highest BCUT2D eigenvalue weighted by molar-refractivity contribution is 5.75. The molecule has 0 aromatic carbocycles. The summed E-state index contributed by atoms with van der Waals surface area (Å²) in [7, 11) is 1.88. The summed E-state index contributed by atoms with van der Waals surface area (Å²) in [6.45, 7) is 3.52. The molecule has 1 aliphatic carbocycles. The SMILES string of the molecule is CC1CC1NC(=O)N1CCCC(C(O)c2nccn2C)C1. The Bertz CT molecular complexity index is 516. The van der Waals surface area contributed by atoms with Crippen LogP contribution in [0.3, 0.4) is 0 Å². The first-order valence-electron chi connectivity index (χ1n) is 7.77. The lowest BCUT2D eigenvalue weighted by molar-refractivity contribution is 0.0531. The minimum absolute atomic E-state index is 0.0149. The Hall–Kier alpha value is -1.56. The average Bonchev–Trinajstić information content (AvgIpc) is 2.99. The van der Waals surface area contributed by atoms with Crippen LogP contribution in [0.5, 0.6) is 0 Å². The topological polar surface area (TPSA) is 70.4 Å². The van der Waals surface area contributed by atoms with E-state index >= 15 is 0 Å². The van der Waals surface area contributed by atoms with Gasteiger partial charge in [0, 0.05) is 44.5 Å². The van der Waals surface area contributed by atoms with Gasteiger partial charge in [0.1, 0.15) is 11.9 Å². The van der Waals surface area contributed by atoms with Crippen molar-refractivity contribution in [3.05, 3.63) is 18.2 Å². The molecule has 1 aromatic heterocycles. The van der Waals surface area contributed by atoms with E-state index in [1.54, 1.807) is 6.20 Å². The summed E-state index contributed by atoms with van der Waals surface area (Å²) in [5.41, 5.74) is 0. The number of nitrogens with zero attached hydrogens (tertiary/aromatic N) is 3. The summed E-state index contributed by atoms with van der Waals surface area (Å²) in [5, 5.41) is 13.6. The van der Waals surface area contributed by atoms with Gasteiger partial charge in [0.25, 0.3) is 0 Å². The molecule has 2 fully saturated rings. The first-order valence-corrected chi connectivity index (χ1v) is 7.77. The monoisotopic (exact) mass is 292 g/mol. The molecule has 2 aliphatic rings. The standard InChI is InChI=1S/C15H24N4O2/c1-10-8-12(10)17-15(21)19-6-3-4-11(9-19)13(20)14-16-5-7-18(14)2/h5,7,10-13,20H,3-4,6,8-9H2,1-2H3,(H,17,21). The number of likely N-dealkylation sites (tertiary alicyclic amines) is 1. The summed E-state index contributed by atoms with van der Waals surface area (Å²) in [5.74, 6) is 1.34. The molecule has 1 aromatic rings. The third-order valence-electron chi connectivity index (χ3n) is 4.73. The molecule has 0 bridgehead atoms. The fourth-order valence-electron chi connectivity index (χ4n) is 3.10. The number of rotatable bonds is 3. The van der Waals surface area contributed by atoms with Crippen molar-refractivity contribution in [1.29, 1.82) is 0 Å². The average molecular weight is 292 g/mol. The molecule has 6 nitrogen and oxygen atoms in total. The number of carbonyl (C=O) groups is 1. The van der Waals surface area contributed by atoms with Crippen molar-refractivity contribution in [2.75, 3.05) is 13.1 Å². The van der Waals surface area contributed by atoms with E-state index in [1.807, 2.05) is 22.7 Å². The van der Waals surface area contributed by atoms with E-state index < -0.39 is 6.10 Å². The molecular weight excluding hydrogens is 268 g/mol. The zero-order chi connectivity index (χ0) is 15.0. The Labute approximate surface area is 125 Å². The van der Waals surface area contributed by atoms with E-state index in [4.69, 9.17) is 0 Å². The van der Waals surface area contributed by atoms with Crippen LogP contribution in [-0.2, 0) is 7.05 Å². The second-order valence-corrected chi connectivity index (χ2v) is 6.46. The first kappa shape index (κ1) is 14.4. The number of imidazole rings is 1. The number of carbonyl (C=O) groups excluding carboxylic acids is 1. The van der Waals surface area contributed by atoms with Crippen molar-refractivity contribution in [2.24, 2.45) is 18.9 Å². The zero-order valence-corrected chi connectivity index (χ0v) is 12.7. The van der Waals surface area contributed by atoms with E-state index in [1.165, 1.54) is 0 Å².